The summed E-state index contributed by atoms with van der Waals surface area (Å²) >= 11 is 5.83. The van der Waals surface area contributed by atoms with E-state index in [4.69, 9.17) is 16.3 Å². The van der Waals surface area contributed by atoms with Crippen LogP contribution in [0.15, 0.2) is 48.5 Å². The van der Waals surface area contributed by atoms with Gasteiger partial charge < -0.3 is 15.4 Å². The van der Waals surface area contributed by atoms with Crippen molar-refractivity contribution in [3.8, 4) is 0 Å². The number of nitrogens with one attached hydrogen (secondary N) is 2. The van der Waals surface area contributed by atoms with Crippen molar-refractivity contribution in [2.45, 2.75) is 0 Å². The Morgan fingerprint density at radius 3 is 2.15 bits per heavy atom. The quantitative estimate of drug-likeness (QED) is 0.799. The van der Waals surface area contributed by atoms with Gasteiger partial charge in [-0.2, -0.15) is 0 Å². The van der Waals surface area contributed by atoms with Crippen molar-refractivity contribution in [3.63, 3.8) is 0 Å². The molecule has 6 nitrogen and oxygen atoms in total. The number of hydrogen-bond donors (Lipinski definition) is 2. The smallest absolute Gasteiger partial charge is 0.255 e. The average Bonchev–Trinajstić information content (AvgIpc) is 2.70. The molecule has 1 heterocycles. The van der Waals surface area contributed by atoms with Crippen LogP contribution in [-0.4, -0.2) is 56.1 Å². The number of ether oxygens (including phenoxy) is 1. The van der Waals surface area contributed by atoms with Gasteiger partial charge in [0.15, 0.2) is 0 Å². The van der Waals surface area contributed by atoms with E-state index in [1.54, 1.807) is 48.5 Å². The van der Waals surface area contributed by atoms with Gasteiger partial charge in [-0.05, 0) is 48.5 Å². The predicted molar refractivity (Wildman–Crippen MR) is 105 cm³/mol. The fourth-order valence-corrected chi connectivity index (χ4v) is 2.89. The summed E-state index contributed by atoms with van der Waals surface area (Å²) in [7, 11) is 0. The molecular weight excluding hydrogens is 366 g/mol. The molecule has 2 amide bonds. The Labute approximate surface area is 163 Å². The molecule has 1 fully saturated rings. The maximum absolute atomic E-state index is 12.3. The highest BCUT2D eigenvalue weighted by Gasteiger charge is 2.12. The molecule has 1 saturated heterocycles. The Hall–Kier alpha value is -2.41. The molecule has 0 aliphatic carbocycles. The summed E-state index contributed by atoms with van der Waals surface area (Å²) in [5.74, 6) is -0.385. The van der Waals surface area contributed by atoms with Gasteiger partial charge in [-0.25, -0.2) is 0 Å². The zero-order valence-corrected chi connectivity index (χ0v) is 15.7. The van der Waals surface area contributed by atoms with E-state index in [9.17, 15) is 9.59 Å². The molecule has 0 spiro atoms. The number of rotatable bonds is 6. The molecule has 142 valence electrons. The lowest BCUT2D eigenvalue weighted by Crippen LogP contribution is -2.41. The van der Waals surface area contributed by atoms with E-state index in [2.05, 4.69) is 15.5 Å². The van der Waals surface area contributed by atoms with Gasteiger partial charge in [-0.15, -0.1) is 0 Å². The SMILES string of the molecule is O=C(NCCN1CCOCC1)c1ccc(C(=O)Nc2ccc(Cl)cc2)cc1. The minimum atomic E-state index is -0.239. The van der Waals surface area contributed by atoms with Crippen molar-refractivity contribution in [2.75, 3.05) is 44.7 Å². The second-order valence-electron chi connectivity index (χ2n) is 6.25. The summed E-state index contributed by atoms with van der Waals surface area (Å²) in [5, 5.41) is 6.30. The van der Waals surface area contributed by atoms with Gasteiger partial charge in [-0.3, -0.25) is 14.5 Å². The van der Waals surface area contributed by atoms with Crippen LogP contribution in [0, 0.1) is 0 Å². The third kappa shape index (κ3) is 5.79. The van der Waals surface area contributed by atoms with Crippen LogP contribution < -0.4 is 10.6 Å². The van der Waals surface area contributed by atoms with Gasteiger partial charge in [0.25, 0.3) is 11.8 Å². The Morgan fingerprint density at radius 2 is 1.52 bits per heavy atom. The summed E-state index contributed by atoms with van der Waals surface area (Å²) in [4.78, 5) is 26.7. The molecule has 2 aromatic carbocycles. The Morgan fingerprint density at radius 1 is 0.926 bits per heavy atom. The van der Waals surface area contributed by atoms with E-state index < -0.39 is 0 Å². The molecule has 0 radical (unpaired) electrons. The topological polar surface area (TPSA) is 70.7 Å². The molecule has 0 saturated carbocycles. The highest BCUT2D eigenvalue weighted by molar-refractivity contribution is 6.30. The van der Waals surface area contributed by atoms with E-state index in [1.807, 2.05) is 0 Å². The van der Waals surface area contributed by atoms with Gasteiger partial charge >= 0.3 is 0 Å². The molecule has 0 atom stereocenters. The summed E-state index contributed by atoms with van der Waals surface area (Å²) in [6.45, 7) is 4.66. The third-order valence-corrected chi connectivity index (χ3v) is 4.58. The molecular formula is C20H22ClN3O3. The highest BCUT2D eigenvalue weighted by Crippen LogP contribution is 2.15. The lowest BCUT2D eigenvalue weighted by atomic mass is 10.1. The second-order valence-corrected chi connectivity index (χ2v) is 6.68. The van der Waals surface area contributed by atoms with Crippen LogP contribution in [0.25, 0.3) is 0 Å². The van der Waals surface area contributed by atoms with E-state index in [0.717, 1.165) is 32.8 Å². The largest absolute Gasteiger partial charge is 0.379 e. The van der Waals surface area contributed by atoms with Crippen LogP contribution in [0.2, 0.25) is 5.02 Å². The van der Waals surface area contributed by atoms with Gasteiger partial charge in [0.05, 0.1) is 13.2 Å². The Kier molecular flexibility index (Phi) is 6.81. The molecule has 1 aliphatic heterocycles. The minimum Gasteiger partial charge on any atom is -0.379 e. The van der Waals surface area contributed by atoms with Crippen molar-refractivity contribution < 1.29 is 14.3 Å². The van der Waals surface area contributed by atoms with Gasteiger partial charge in [-0.1, -0.05) is 11.6 Å². The zero-order valence-electron chi connectivity index (χ0n) is 14.9. The number of benzene rings is 2. The average molecular weight is 388 g/mol. The third-order valence-electron chi connectivity index (χ3n) is 4.33. The van der Waals surface area contributed by atoms with Crippen LogP contribution in [0.3, 0.4) is 0 Å². The van der Waals surface area contributed by atoms with Gasteiger partial charge in [0, 0.05) is 48.0 Å². The van der Waals surface area contributed by atoms with Crippen molar-refractivity contribution >= 4 is 29.1 Å². The van der Waals surface area contributed by atoms with E-state index >= 15 is 0 Å². The van der Waals surface area contributed by atoms with Gasteiger partial charge in [0.2, 0.25) is 0 Å². The molecule has 2 N–H and O–H groups in total. The molecule has 3 rings (SSSR count). The maximum atomic E-state index is 12.3. The number of morpholine rings is 1. The molecule has 27 heavy (non-hydrogen) atoms. The highest BCUT2D eigenvalue weighted by atomic mass is 35.5. The summed E-state index contributed by atoms with van der Waals surface area (Å²) in [6, 6.07) is 13.5. The summed E-state index contributed by atoms with van der Waals surface area (Å²) in [5.41, 5.74) is 1.67. The van der Waals surface area contributed by atoms with E-state index in [1.165, 1.54) is 0 Å². The van der Waals surface area contributed by atoms with Crippen molar-refractivity contribution in [2.24, 2.45) is 0 Å². The van der Waals surface area contributed by atoms with Crippen LogP contribution in [0.5, 0.6) is 0 Å². The van der Waals surface area contributed by atoms with Crippen molar-refractivity contribution in [3.05, 3.63) is 64.7 Å². The number of nitrogens with zero attached hydrogens (tertiary/aromatic N) is 1. The second kappa shape index (κ2) is 9.50. The fraction of sp³-hybridized carbons (Fsp3) is 0.300. The Bertz CT molecular complexity index is 772. The number of carbonyl (C=O) groups excluding carboxylic acids is 2. The number of halogens is 1. The zero-order chi connectivity index (χ0) is 19.1. The first-order valence-corrected chi connectivity index (χ1v) is 9.25. The molecule has 0 bridgehead atoms. The molecule has 2 aromatic rings. The lowest BCUT2D eigenvalue weighted by molar-refractivity contribution is 0.0383. The number of carbonyl (C=O) groups is 2. The van der Waals surface area contributed by atoms with Crippen LogP contribution >= 0.6 is 11.6 Å². The first-order chi connectivity index (χ1) is 13.1. The molecule has 0 unspecified atom stereocenters. The summed E-state index contributed by atoms with van der Waals surface area (Å²) in [6.07, 6.45) is 0. The van der Waals surface area contributed by atoms with Gasteiger partial charge in [0.1, 0.15) is 0 Å². The van der Waals surface area contributed by atoms with E-state index in [-0.39, 0.29) is 11.8 Å². The minimum absolute atomic E-state index is 0.145. The molecule has 1 aliphatic rings. The van der Waals surface area contributed by atoms with Crippen LogP contribution in [0.4, 0.5) is 5.69 Å². The Balaban J connectivity index is 1.49. The van der Waals surface area contributed by atoms with E-state index in [0.29, 0.717) is 28.4 Å². The first kappa shape index (κ1) is 19.4. The standard InChI is InChI=1S/C20H22ClN3O3/c21-17-5-7-18(8-6-17)23-20(26)16-3-1-15(2-4-16)19(25)22-9-10-24-11-13-27-14-12-24/h1-8H,9-14H2,(H,22,25)(H,23,26). The number of amides is 2. The normalized spacial score (nSPS) is 14.6. The maximum Gasteiger partial charge on any atom is 0.255 e. The monoisotopic (exact) mass is 387 g/mol. The van der Waals surface area contributed by atoms with Crippen molar-refractivity contribution in [1.29, 1.82) is 0 Å². The number of anilines is 1. The first-order valence-electron chi connectivity index (χ1n) is 8.87. The lowest BCUT2D eigenvalue weighted by Gasteiger charge is -2.26. The predicted octanol–water partition coefficient (Wildman–Crippen LogP) is 2.65. The van der Waals surface area contributed by atoms with Crippen LogP contribution in [-0.2, 0) is 4.74 Å². The molecule has 7 heteroatoms. The molecule has 0 aromatic heterocycles. The van der Waals surface area contributed by atoms with Crippen LogP contribution in [0.1, 0.15) is 20.7 Å². The summed E-state index contributed by atoms with van der Waals surface area (Å²) < 4.78 is 5.30. The number of hydrogen-bond acceptors (Lipinski definition) is 4. The van der Waals surface area contributed by atoms with Crippen molar-refractivity contribution in [1.82, 2.24) is 10.2 Å². The fourth-order valence-electron chi connectivity index (χ4n) is 2.76.